The molecule has 0 radical (unpaired) electrons. The summed E-state index contributed by atoms with van der Waals surface area (Å²) in [6, 6.07) is 6.17. The van der Waals surface area contributed by atoms with Gasteiger partial charge in [0.1, 0.15) is 11.5 Å². The first-order valence-corrected chi connectivity index (χ1v) is 6.51. The van der Waals surface area contributed by atoms with Gasteiger partial charge in [-0.15, -0.1) is 0 Å². The highest BCUT2D eigenvalue weighted by Crippen LogP contribution is 2.17. The molecule has 1 fully saturated rings. The molecule has 6 heteroatoms. The maximum Gasteiger partial charge on any atom is 0.260 e. The molecule has 1 aromatic rings. The lowest BCUT2D eigenvalue weighted by Gasteiger charge is -2.21. The smallest absolute Gasteiger partial charge is 0.260 e. The number of aliphatic hydroxyl groups excluding tert-OH is 1. The molecule has 1 aliphatic rings. The van der Waals surface area contributed by atoms with Crippen LogP contribution in [0.5, 0.6) is 11.5 Å². The second-order valence-electron chi connectivity index (χ2n) is 5.18. The van der Waals surface area contributed by atoms with E-state index in [1.54, 1.807) is 17.0 Å². The Morgan fingerprint density at radius 2 is 2.00 bits per heavy atom. The van der Waals surface area contributed by atoms with Crippen LogP contribution >= 0.6 is 0 Å². The van der Waals surface area contributed by atoms with Gasteiger partial charge in [0.25, 0.3) is 5.91 Å². The van der Waals surface area contributed by atoms with Gasteiger partial charge in [-0.1, -0.05) is 0 Å². The van der Waals surface area contributed by atoms with Gasteiger partial charge in [-0.05, 0) is 38.4 Å². The second-order valence-corrected chi connectivity index (χ2v) is 5.18. The molecule has 110 valence electrons. The van der Waals surface area contributed by atoms with E-state index in [0.717, 1.165) is 0 Å². The van der Waals surface area contributed by atoms with Gasteiger partial charge in [0.2, 0.25) is 0 Å². The van der Waals surface area contributed by atoms with E-state index in [0.29, 0.717) is 18.8 Å². The van der Waals surface area contributed by atoms with E-state index < -0.39 is 6.10 Å². The number of carbonyl (C=O) groups is 1. The van der Waals surface area contributed by atoms with E-state index in [1.165, 1.54) is 12.1 Å². The topological polar surface area (TPSA) is 73.2 Å². The van der Waals surface area contributed by atoms with Crippen LogP contribution in [0.4, 0.5) is 0 Å². The molecule has 1 aliphatic heterocycles. The SMILES string of the molecule is CN(C)[C@H]1CN(C(=O)COc2ccc(O)cc2)C[C@@H]1O. The zero-order valence-electron chi connectivity index (χ0n) is 11.7. The molecular weight excluding hydrogens is 260 g/mol. The number of amides is 1. The van der Waals surface area contributed by atoms with Gasteiger partial charge in [0.05, 0.1) is 12.1 Å². The molecule has 1 aromatic carbocycles. The van der Waals surface area contributed by atoms with Gasteiger partial charge in [0.15, 0.2) is 6.61 Å². The third-order valence-electron chi connectivity index (χ3n) is 3.47. The largest absolute Gasteiger partial charge is 0.508 e. The Morgan fingerprint density at radius 3 is 2.55 bits per heavy atom. The molecule has 0 saturated carbocycles. The Morgan fingerprint density at radius 1 is 1.35 bits per heavy atom. The molecule has 1 heterocycles. The van der Waals surface area contributed by atoms with Crippen LogP contribution in [0.3, 0.4) is 0 Å². The maximum atomic E-state index is 12.0. The van der Waals surface area contributed by atoms with Crippen molar-refractivity contribution in [2.24, 2.45) is 0 Å². The summed E-state index contributed by atoms with van der Waals surface area (Å²) in [5.74, 6) is 0.529. The minimum Gasteiger partial charge on any atom is -0.508 e. The van der Waals surface area contributed by atoms with Crippen LogP contribution in [0.1, 0.15) is 0 Å². The maximum absolute atomic E-state index is 12.0. The van der Waals surface area contributed by atoms with Crippen LogP contribution in [-0.2, 0) is 4.79 Å². The van der Waals surface area contributed by atoms with E-state index in [-0.39, 0.29) is 24.3 Å². The van der Waals surface area contributed by atoms with Crippen molar-refractivity contribution in [3.05, 3.63) is 24.3 Å². The molecule has 1 saturated heterocycles. The summed E-state index contributed by atoms with van der Waals surface area (Å²) in [5.41, 5.74) is 0. The summed E-state index contributed by atoms with van der Waals surface area (Å²) in [6.07, 6.45) is -0.525. The van der Waals surface area contributed by atoms with Crippen molar-refractivity contribution in [1.29, 1.82) is 0 Å². The molecule has 6 nitrogen and oxygen atoms in total. The Labute approximate surface area is 118 Å². The molecule has 0 aliphatic carbocycles. The summed E-state index contributed by atoms with van der Waals surface area (Å²) in [7, 11) is 3.77. The minimum atomic E-state index is -0.525. The number of nitrogens with zero attached hydrogens (tertiary/aromatic N) is 2. The van der Waals surface area contributed by atoms with Gasteiger partial charge >= 0.3 is 0 Å². The highest BCUT2D eigenvalue weighted by atomic mass is 16.5. The summed E-state index contributed by atoms with van der Waals surface area (Å²) >= 11 is 0. The van der Waals surface area contributed by atoms with Gasteiger partial charge < -0.3 is 24.7 Å². The number of hydrogen-bond acceptors (Lipinski definition) is 5. The fourth-order valence-corrected chi connectivity index (χ4v) is 2.26. The Kier molecular flexibility index (Phi) is 4.46. The number of rotatable bonds is 4. The van der Waals surface area contributed by atoms with Crippen LogP contribution in [0.25, 0.3) is 0 Å². The Hall–Kier alpha value is -1.79. The monoisotopic (exact) mass is 280 g/mol. The number of aromatic hydroxyl groups is 1. The van der Waals surface area contributed by atoms with E-state index in [2.05, 4.69) is 0 Å². The van der Waals surface area contributed by atoms with Crippen LogP contribution in [0, 0.1) is 0 Å². The summed E-state index contributed by atoms with van der Waals surface area (Å²) in [4.78, 5) is 15.5. The van der Waals surface area contributed by atoms with E-state index in [9.17, 15) is 9.90 Å². The fraction of sp³-hybridized carbons (Fsp3) is 0.500. The lowest BCUT2D eigenvalue weighted by molar-refractivity contribution is -0.132. The molecule has 2 atom stereocenters. The van der Waals surface area contributed by atoms with Crippen molar-refractivity contribution >= 4 is 5.91 Å². The highest BCUT2D eigenvalue weighted by Gasteiger charge is 2.35. The molecule has 1 amide bonds. The van der Waals surface area contributed by atoms with Crippen molar-refractivity contribution in [3.63, 3.8) is 0 Å². The van der Waals surface area contributed by atoms with Crippen LogP contribution < -0.4 is 4.74 Å². The molecular formula is C14H20N2O4. The predicted molar refractivity (Wildman–Crippen MR) is 73.7 cm³/mol. The van der Waals surface area contributed by atoms with Crippen molar-refractivity contribution in [2.45, 2.75) is 12.1 Å². The number of likely N-dealkylation sites (tertiary alicyclic amines) is 1. The third kappa shape index (κ3) is 3.40. The van der Waals surface area contributed by atoms with Gasteiger partial charge in [0, 0.05) is 13.1 Å². The summed E-state index contributed by atoms with van der Waals surface area (Å²) in [6.45, 7) is 0.768. The minimum absolute atomic E-state index is 0.0346. The number of aliphatic hydroxyl groups is 1. The number of phenols is 1. The lowest BCUT2D eigenvalue weighted by atomic mass is 10.2. The summed E-state index contributed by atoms with van der Waals surface area (Å²) < 4.78 is 5.37. The molecule has 0 aromatic heterocycles. The zero-order valence-corrected chi connectivity index (χ0v) is 11.7. The normalized spacial score (nSPS) is 22.3. The first kappa shape index (κ1) is 14.6. The molecule has 0 unspecified atom stereocenters. The number of hydrogen-bond donors (Lipinski definition) is 2. The summed E-state index contributed by atoms with van der Waals surface area (Å²) in [5, 5.41) is 19.0. The molecule has 2 N–H and O–H groups in total. The molecule has 20 heavy (non-hydrogen) atoms. The number of β-amino-alcohol motifs (C(OH)–C–C–N with tert-alkyl or cyclic N) is 1. The number of benzene rings is 1. The second kappa shape index (κ2) is 6.11. The third-order valence-corrected chi connectivity index (χ3v) is 3.47. The van der Waals surface area contributed by atoms with Crippen LogP contribution in [0.2, 0.25) is 0 Å². The van der Waals surface area contributed by atoms with E-state index in [4.69, 9.17) is 9.84 Å². The Bertz CT molecular complexity index is 461. The van der Waals surface area contributed by atoms with Crippen LogP contribution in [0.15, 0.2) is 24.3 Å². The number of phenolic OH excluding ortho intramolecular Hbond substituents is 1. The van der Waals surface area contributed by atoms with Crippen molar-refractivity contribution < 1.29 is 19.7 Å². The molecule has 0 bridgehead atoms. The number of likely N-dealkylation sites (N-methyl/N-ethyl adjacent to an activating group) is 1. The van der Waals surface area contributed by atoms with Crippen LogP contribution in [-0.4, -0.2) is 71.9 Å². The number of carbonyl (C=O) groups excluding carboxylic acids is 1. The standard InChI is InChI=1S/C14H20N2O4/c1-15(2)12-7-16(8-13(12)18)14(19)9-20-11-5-3-10(17)4-6-11/h3-6,12-13,17-18H,7-9H2,1-2H3/t12-,13-/m0/s1. The predicted octanol–water partition coefficient (Wildman–Crippen LogP) is -0.0957. The first-order chi connectivity index (χ1) is 9.47. The van der Waals surface area contributed by atoms with Gasteiger partial charge in [-0.3, -0.25) is 4.79 Å². The first-order valence-electron chi connectivity index (χ1n) is 6.51. The van der Waals surface area contributed by atoms with Crippen molar-refractivity contribution in [3.8, 4) is 11.5 Å². The van der Waals surface area contributed by atoms with Gasteiger partial charge in [-0.2, -0.15) is 0 Å². The average Bonchev–Trinajstić information content (AvgIpc) is 2.80. The average molecular weight is 280 g/mol. The molecule has 2 rings (SSSR count). The number of ether oxygens (including phenoxy) is 1. The van der Waals surface area contributed by atoms with Gasteiger partial charge in [-0.25, -0.2) is 0 Å². The Balaban J connectivity index is 1.85. The molecule has 0 spiro atoms. The zero-order chi connectivity index (χ0) is 14.7. The van der Waals surface area contributed by atoms with E-state index in [1.807, 2.05) is 19.0 Å². The fourth-order valence-electron chi connectivity index (χ4n) is 2.26. The van der Waals surface area contributed by atoms with Crippen molar-refractivity contribution in [2.75, 3.05) is 33.8 Å². The van der Waals surface area contributed by atoms with E-state index >= 15 is 0 Å². The quantitative estimate of drug-likeness (QED) is 0.806. The van der Waals surface area contributed by atoms with Crippen molar-refractivity contribution in [1.82, 2.24) is 9.80 Å². The lowest BCUT2D eigenvalue weighted by Crippen LogP contribution is -2.38. The highest BCUT2D eigenvalue weighted by molar-refractivity contribution is 5.78.